The average molecular weight is 257 g/mol. The number of aryl methyl sites for hydroxylation is 4. The maximum atomic E-state index is 4.53. The Morgan fingerprint density at radius 3 is 2.05 bits per heavy atom. The molecule has 0 bridgehead atoms. The molecule has 3 heteroatoms. The van der Waals surface area contributed by atoms with Gasteiger partial charge in [0.2, 0.25) is 0 Å². The molecule has 1 heterocycles. The zero-order valence-corrected chi connectivity index (χ0v) is 12.7. The standard InChI is InChI=1S/C16H23N3/c1-10-7-11(2)9-14(8-10)16(17-5)15-12(3)18-19(6)13(15)4/h7-9,16-17H,1-6H3. The van der Waals surface area contributed by atoms with Crippen molar-refractivity contribution in [3.63, 3.8) is 0 Å². The van der Waals surface area contributed by atoms with Gasteiger partial charge in [-0.05, 0) is 40.3 Å². The van der Waals surface area contributed by atoms with Gasteiger partial charge in [0.15, 0.2) is 0 Å². The van der Waals surface area contributed by atoms with Crippen molar-refractivity contribution in [3.05, 3.63) is 51.8 Å². The van der Waals surface area contributed by atoms with E-state index in [-0.39, 0.29) is 6.04 Å². The molecule has 0 aliphatic rings. The Labute approximate surface area is 115 Å². The summed E-state index contributed by atoms with van der Waals surface area (Å²) in [4.78, 5) is 0. The fraction of sp³-hybridized carbons (Fsp3) is 0.438. The molecule has 102 valence electrons. The molecule has 2 aromatic rings. The summed E-state index contributed by atoms with van der Waals surface area (Å²) < 4.78 is 1.96. The number of aromatic nitrogens is 2. The molecule has 0 spiro atoms. The van der Waals surface area contributed by atoms with Gasteiger partial charge in [-0.3, -0.25) is 4.68 Å². The number of rotatable bonds is 3. The van der Waals surface area contributed by atoms with Crippen molar-refractivity contribution >= 4 is 0 Å². The summed E-state index contributed by atoms with van der Waals surface area (Å²) in [5.74, 6) is 0. The van der Waals surface area contributed by atoms with E-state index in [1.54, 1.807) is 0 Å². The molecule has 0 fully saturated rings. The Bertz CT molecular complexity index is 576. The third-order valence-corrected chi connectivity index (χ3v) is 3.72. The van der Waals surface area contributed by atoms with Crippen LogP contribution in [0.15, 0.2) is 18.2 Å². The summed E-state index contributed by atoms with van der Waals surface area (Å²) in [5, 5.41) is 7.96. The number of nitrogens with zero attached hydrogens (tertiary/aromatic N) is 2. The fourth-order valence-electron chi connectivity index (χ4n) is 2.86. The highest BCUT2D eigenvalue weighted by Crippen LogP contribution is 2.28. The summed E-state index contributed by atoms with van der Waals surface area (Å²) in [6.45, 7) is 8.50. The molecular weight excluding hydrogens is 234 g/mol. The predicted octanol–water partition coefficient (Wildman–Crippen LogP) is 2.96. The SMILES string of the molecule is CNC(c1cc(C)cc(C)c1)c1c(C)nn(C)c1C. The molecule has 0 saturated heterocycles. The highest BCUT2D eigenvalue weighted by atomic mass is 15.3. The minimum absolute atomic E-state index is 0.201. The zero-order valence-electron chi connectivity index (χ0n) is 12.7. The van der Waals surface area contributed by atoms with Crippen LogP contribution in [0.5, 0.6) is 0 Å². The first kappa shape index (κ1) is 13.8. The van der Waals surface area contributed by atoms with Crippen LogP contribution in [-0.4, -0.2) is 16.8 Å². The predicted molar refractivity (Wildman–Crippen MR) is 79.5 cm³/mol. The maximum Gasteiger partial charge on any atom is 0.0647 e. The summed E-state index contributed by atoms with van der Waals surface area (Å²) in [5.41, 5.74) is 7.51. The molecule has 1 aromatic heterocycles. The lowest BCUT2D eigenvalue weighted by molar-refractivity contribution is 0.677. The van der Waals surface area contributed by atoms with Crippen LogP contribution in [0.1, 0.15) is 39.7 Å². The Hall–Kier alpha value is -1.61. The molecule has 2 rings (SSSR count). The smallest absolute Gasteiger partial charge is 0.0647 e. The second-order valence-corrected chi connectivity index (χ2v) is 5.35. The van der Waals surface area contributed by atoms with Gasteiger partial charge in [0.25, 0.3) is 0 Å². The topological polar surface area (TPSA) is 29.9 Å². The van der Waals surface area contributed by atoms with Crippen molar-refractivity contribution in [1.29, 1.82) is 0 Å². The minimum Gasteiger partial charge on any atom is -0.309 e. The van der Waals surface area contributed by atoms with Gasteiger partial charge in [-0.15, -0.1) is 0 Å². The molecule has 1 unspecified atom stereocenters. The van der Waals surface area contributed by atoms with E-state index in [2.05, 4.69) is 56.3 Å². The summed E-state index contributed by atoms with van der Waals surface area (Å²) in [7, 11) is 4.01. The molecule has 0 aliphatic heterocycles. The molecule has 1 atom stereocenters. The van der Waals surface area contributed by atoms with Crippen molar-refractivity contribution in [2.75, 3.05) is 7.05 Å². The summed E-state index contributed by atoms with van der Waals surface area (Å²) in [6, 6.07) is 6.91. The minimum atomic E-state index is 0.201. The van der Waals surface area contributed by atoms with Gasteiger partial charge in [0, 0.05) is 18.3 Å². The zero-order chi connectivity index (χ0) is 14.2. The van der Waals surface area contributed by atoms with Gasteiger partial charge >= 0.3 is 0 Å². The van der Waals surface area contributed by atoms with Gasteiger partial charge in [0.05, 0.1) is 11.7 Å². The lowest BCUT2D eigenvalue weighted by Crippen LogP contribution is -2.19. The third kappa shape index (κ3) is 2.56. The van der Waals surface area contributed by atoms with E-state index in [1.807, 2.05) is 18.8 Å². The molecule has 3 nitrogen and oxygen atoms in total. The number of hydrogen-bond donors (Lipinski definition) is 1. The molecule has 0 saturated carbocycles. The van der Waals surface area contributed by atoms with E-state index in [0.717, 1.165) is 5.69 Å². The molecule has 0 aliphatic carbocycles. The van der Waals surface area contributed by atoms with E-state index >= 15 is 0 Å². The van der Waals surface area contributed by atoms with Crippen molar-refractivity contribution < 1.29 is 0 Å². The lowest BCUT2D eigenvalue weighted by atomic mass is 9.94. The Morgan fingerprint density at radius 2 is 1.63 bits per heavy atom. The first-order chi connectivity index (χ1) is 8.93. The van der Waals surface area contributed by atoms with Crippen molar-refractivity contribution in [2.45, 2.75) is 33.7 Å². The summed E-state index contributed by atoms with van der Waals surface area (Å²) in [6.07, 6.45) is 0. The van der Waals surface area contributed by atoms with E-state index in [0.29, 0.717) is 0 Å². The Kier molecular flexibility index (Phi) is 3.76. The fourth-order valence-corrected chi connectivity index (χ4v) is 2.86. The average Bonchev–Trinajstić information content (AvgIpc) is 2.56. The molecular formula is C16H23N3. The first-order valence-corrected chi connectivity index (χ1v) is 6.69. The van der Waals surface area contributed by atoms with Crippen LogP contribution in [0.2, 0.25) is 0 Å². The third-order valence-electron chi connectivity index (χ3n) is 3.72. The molecule has 19 heavy (non-hydrogen) atoms. The largest absolute Gasteiger partial charge is 0.309 e. The lowest BCUT2D eigenvalue weighted by Gasteiger charge is -2.19. The van der Waals surface area contributed by atoms with Crippen LogP contribution in [0, 0.1) is 27.7 Å². The quantitative estimate of drug-likeness (QED) is 0.916. The normalized spacial score (nSPS) is 12.7. The first-order valence-electron chi connectivity index (χ1n) is 6.69. The van der Waals surface area contributed by atoms with E-state index in [4.69, 9.17) is 0 Å². The molecule has 0 radical (unpaired) electrons. The second kappa shape index (κ2) is 5.17. The van der Waals surface area contributed by atoms with Crippen LogP contribution in [0.3, 0.4) is 0 Å². The van der Waals surface area contributed by atoms with Crippen LogP contribution in [0.25, 0.3) is 0 Å². The van der Waals surface area contributed by atoms with Crippen LogP contribution < -0.4 is 5.32 Å². The molecule has 0 amide bonds. The van der Waals surface area contributed by atoms with Crippen molar-refractivity contribution in [2.24, 2.45) is 7.05 Å². The number of nitrogens with one attached hydrogen (secondary N) is 1. The van der Waals surface area contributed by atoms with Crippen LogP contribution in [-0.2, 0) is 7.05 Å². The van der Waals surface area contributed by atoms with Gasteiger partial charge in [-0.25, -0.2) is 0 Å². The Balaban J connectivity index is 2.56. The second-order valence-electron chi connectivity index (χ2n) is 5.35. The van der Waals surface area contributed by atoms with E-state index in [9.17, 15) is 0 Å². The van der Waals surface area contributed by atoms with Gasteiger partial charge < -0.3 is 5.32 Å². The van der Waals surface area contributed by atoms with Gasteiger partial charge in [-0.2, -0.15) is 5.10 Å². The van der Waals surface area contributed by atoms with E-state index in [1.165, 1.54) is 27.9 Å². The van der Waals surface area contributed by atoms with Crippen molar-refractivity contribution in [3.8, 4) is 0 Å². The molecule has 1 N–H and O–H groups in total. The van der Waals surface area contributed by atoms with E-state index < -0.39 is 0 Å². The molecule has 1 aromatic carbocycles. The maximum absolute atomic E-state index is 4.53. The number of benzene rings is 1. The van der Waals surface area contributed by atoms with Crippen molar-refractivity contribution in [1.82, 2.24) is 15.1 Å². The summed E-state index contributed by atoms with van der Waals surface area (Å²) >= 11 is 0. The Morgan fingerprint density at radius 1 is 1.05 bits per heavy atom. The highest BCUT2D eigenvalue weighted by molar-refractivity contribution is 5.40. The van der Waals surface area contributed by atoms with Crippen LogP contribution >= 0.6 is 0 Å². The van der Waals surface area contributed by atoms with Gasteiger partial charge in [-0.1, -0.05) is 29.3 Å². The van der Waals surface area contributed by atoms with Crippen LogP contribution in [0.4, 0.5) is 0 Å². The number of hydrogen-bond acceptors (Lipinski definition) is 2. The highest BCUT2D eigenvalue weighted by Gasteiger charge is 2.20. The monoisotopic (exact) mass is 257 g/mol. The van der Waals surface area contributed by atoms with Gasteiger partial charge in [0.1, 0.15) is 0 Å².